The highest BCUT2D eigenvalue weighted by Gasteiger charge is 2.32. The first-order valence-electron chi connectivity index (χ1n) is 6.78. The van der Waals surface area contributed by atoms with Crippen LogP contribution in [-0.4, -0.2) is 17.3 Å². The fourth-order valence-electron chi connectivity index (χ4n) is 2.39. The van der Waals surface area contributed by atoms with Gasteiger partial charge in [-0.25, -0.2) is 0 Å². The zero-order chi connectivity index (χ0) is 13.1. The third kappa shape index (κ3) is 2.70. The van der Waals surface area contributed by atoms with Gasteiger partial charge >= 0.3 is 0 Å². The molecule has 0 heterocycles. The first-order valence-corrected chi connectivity index (χ1v) is 6.78. The van der Waals surface area contributed by atoms with Gasteiger partial charge < -0.3 is 9.84 Å². The number of hydrogen-bond acceptors (Lipinski definition) is 2. The summed E-state index contributed by atoms with van der Waals surface area (Å²) in [7, 11) is 0. The molecule has 0 aromatic heterocycles. The summed E-state index contributed by atoms with van der Waals surface area (Å²) in [6.45, 7) is 0. The van der Waals surface area contributed by atoms with Crippen LogP contribution in [0.15, 0.2) is 60.7 Å². The third-order valence-electron chi connectivity index (χ3n) is 3.69. The zero-order valence-corrected chi connectivity index (χ0v) is 10.8. The van der Waals surface area contributed by atoms with Gasteiger partial charge in [0, 0.05) is 0 Å². The fraction of sp³-hybridized carbons (Fsp3) is 0.294. The molecule has 1 saturated carbocycles. The first kappa shape index (κ1) is 12.4. The molecule has 1 unspecified atom stereocenters. The van der Waals surface area contributed by atoms with Crippen LogP contribution in [0.3, 0.4) is 0 Å². The van der Waals surface area contributed by atoms with E-state index in [1.54, 1.807) is 0 Å². The zero-order valence-electron chi connectivity index (χ0n) is 10.8. The Labute approximate surface area is 113 Å². The molecule has 19 heavy (non-hydrogen) atoms. The second-order valence-electron chi connectivity index (χ2n) is 5.02. The van der Waals surface area contributed by atoms with E-state index in [-0.39, 0.29) is 18.3 Å². The minimum atomic E-state index is -0.310. The summed E-state index contributed by atoms with van der Waals surface area (Å²) in [5.74, 6) is 0. The maximum atomic E-state index is 9.73. The average molecular weight is 254 g/mol. The molecule has 0 bridgehead atoms. The molecule has 0 aliphatic heterocycles. The van der Waals surface area contributed by atoms with Gasteiger partial charge in [0.2, 0.25) is 0 Å². The topological polar surface area (TPSA) is 29.5 Å². The van der Waals surface area contributed by atoms with Gasteiger partial charge in [0.15, 0.2) is 0 Å². The van der Waals surface area contributed by atoms with E-state index in [0.717, 1.165) is 24.0 Å². The lowest BCUT2D eigenvalue weighted by molar-refractivity contribution is -0.118. The summed E-state index contributed by atoms with van der Waals surface area (Å²) >= 11 is 0. The van der Waals surface area contributed by atoms with Crippen molar-refractivity contribution in [2.45, 2.75) is 31.2 Å². The molecule has 1 fully saturated rings. The maximum absolute atomic E-state index is 9.73. The lowest BCUT2D eigenvalue weighted by Crippen LogP contribution is -2.39. The van der Waals surface area contributed by atoms with Crippen molar-refractivity contribution in [1.82, 2.24) is 0 Å². The van der Waals surface area contributed by atoms with Crippen LogP contribution in [0.25, 0.3) is 0 Å². The highest BCUT2D eigenvalue weighted by atomic mass is 16.5. The van der Waals surface area contributed by atoms with Gasteiger partial charge in [-0.15, -0.1) is 0 Å². The molecule has 2 aromatic carbocycles. The third-order valence-corrected chi connectivity index (χ3v) is 3.69. The summed E-state index contributed by atoms with van der Waals surface area (Å²) < 4.78 is 6.12. The van der Waals surface area contributed by atoms with Crippen LogP contribution < -0.4 is 0 Å². The summed E-state index contributed by atoms with van der Waals surface area (Å²) in [6.07, 6.45) is 1.35. The molecule has 2 heteroatoms. The Kier molecular flexibility index (Phi) is 3.62. The maximum Gasteiger partial charge on any atom is 0.108 e. The van der Waals surface area contributed by atoms with E-state index < -0.39 is 0 Å². The SMILES string of the molecule is OC1CC[C@H]1OC(c1ccccc1)c1ccccc1. The van der Waals surface area contributed by atoms with Gasteiger partial charge in [-0.2, -0.15) is 0 Å². The molecule has 1 N–H and O–H groups in total. The highest BCUT2D eigenvalue weighted by Crippen LogP contribution is 2.33. The predicted octanol–water partition coefficient (Wildman–Crippen LogP) is 3.32. The lowest BCUT2D eigenvalue weighted by Gasteiger charge is -2.35. The Hall–Kier alpha value is -1.64. The Balaban J connectivity index is 1.87. The quantitative estimate of drug-likeness (QED) is 0.907. The van der Waals surface area contributed by atoms with Crippen molar-refractivity contribution in [2.24, 2.45) is 0 Å². The van der Waals surface area contributed by atoms with Crippen LogP contribution in [-0.2, 0) is 4.74 Å². The van der Waals surface area contributed by atoms with Crippen molar-refractivity contribution in [3.05, 3.63) is 71.8 Å². The van der Waals surface area contributed by atoms with Gasteiger partial charge in [0.25, 0.3) is 0 Å². The summed E-state index contributed by atoms with van der Waals surface area (Å²) in [5.41, 5.74) is 2.26. The van der Waals surface area contributed by atoms with Crippen LogP contribution >= 0.6 is 0 Å². The van der Waals surface area contributed by atoms with Gasteiger partial charge in [-0.1, -0.05) is 60.7 Å². The van der Waals surface area contributed by atoms with E-state index in [0.29, 0.717) is 0 Å². The Morgan fingerprint density at radius 3 is 1.74 bits per heavy atom. The number of aliphatic hydroxyl groups excluding tert-OH is 1. The van der Waals surface area contributed by atoms with E-state index in [9.17, 15) is 5.11 Å². The van der Waals surface area contributed by atoms with Crippen molar-refractivity contribution in [3.63, 3.8) is 0 Å². The van der Waals surface area contributed by atoms with Crippen molar-refractivity contribution < 1.29 is 9.84 Å². The molecule has 0 radical (unpaired) electrons. The molecule has 2 aromatic rings. The molecule has 0 saturated heterocycles. The molecule has 1 aliphatic rings. The van der Waals surface area contributed by atoms with Crippen LogP contribution in [0.4, 0.5) is 0 Å². The minimum Gasteiger partial charge on any atom is -0.390 e. The van der Waals surface area contributed by atoms with E-state index in [4.69, 9.17) is 4.74 Å². The van der Waals surface area contributed by atoms with Crippen molar-refractivity contribution in [3.8, 4) is 0 Å². The molecular weight excluding hydrogens is 236 g/mol. The Morgan fingerprint density at radius 1 is 0.842 bits per heavy atom. The first-order chi connectivity index (χ1) is 9.34. The molecule has 2 nitrogen and oxygen atoms in total. The van der Waals surface area contributed by atoms with Crippen molar-refractivity contribution in [1.29, 1.82) is 0 Å². The van der Waals surface area contributed by atoms with E-state index in [2.05, 4.69) is 24.3 Å². The van der Waals surface area contributed by atoms with Crippen LogP contribution in [0.2, 0.25) is 0 Å². The fourth-order valence-corrected chi connectivity index (χ4v) is 2.39. The van der Waals surface area contributed by atoms with Crippen LogP contribution in [0, 0.1) is 0 Å². The molecular formula is C17H18O2. The molecule has 1 aliphatic carbocycles. The summed E-state index contributed by atoms with van der Waals surface area (Å²) in [4.78, 5) is 0. The van der Waals surface area contributed by atoms with Gasteiger partial charge in [0.05, 0.1) is 12.2 Å². The summed E-state index contributed by atoms with van der Waals surface area (Å²) in [6, 6.07) is 20.4. The highest BCUT2D eigenvalue weighted by molar-refractivity contribution is 5.30. The smallest absolute Gasteiger partial charge is 0.108 e. The predicted molar refractivity (Wildman–Crippen MR) is 74.8 cm³/mol. The average Bonchev–Trinajstić information content (AvgIpc) is 2.48. The van der Waals surface area contributed by atoms with Gasteiger partial charge in [0.1, 0.15) is 6.10 Å². The summed E-state index contributed by atoms with van der Waals surface area (Å²) in [5, 5.41) is 9.73. The second-order valence-corrected chi connectivity index (χ2v) is 5.02. The monoisotopic (exact) mass is 254 g/mol. The molecule has 0 amide bonds. The van der Waals surface area contributed by atoms with Gasteiger partial charge in [-0.3, -0.25) is 0 Å². The number of benzene rings is 2. The molecule has 3 rings (SSSR count). The number of ether oxygens (including phenoxy) is 1. The van der Waals surface area contributed by atoms with Crippen molar-refractivity contribution in [2.75, 3.05) is 0 Å². The van der Waals surface area contributed by atoms with E-state index >= 15 is 0 Å². The van der Waals surface area contributed by atoms with E-state index in [1.165, 1.54) is 0 Å². The van der Waals surface area contributed by atoms with Crippen LogP contribution in [0.1, 0.15) is 30.1 Å². The number of aliphatic hydroxyl groups is 1. The molecule has 0 spiro atoms. The van der Waals surface area contributed by atoms with Gasteiger partial charge in [-0.05, 0) is 24.0 Å². The Bertz CT molecular complexity index is 470. The molecule has 2 atom stereocenters. The lowest BCUT2D eigenvalue weighted by atomic mass is 9.91. The van der Waals surface area contributed by atoms with Crippen molar-refractivity contribution >= 4 is 0 Å². The Morgan fingerprint density at radius 2 is 1.37 bits per heavy atom. The van der Waals surface area contributed by atoms with E-state index in [1.807, 2.05) is 36.4 Å². The normalized spacial score (nSPS) is 22.2. The standard InChI is InChI=1S/C17H18O2/c18-15-11-12-16(15)19-17(13-7-3-1-4-8-13)14-9-5-2-6-10-14/h1-10,15-18H,11-12H2/t15?,16-/m1/s1. The number of rotatable bonds is 4. The van der Waals surface area contributed by atoms with Crippen LogP contribution in [0.5, 0.6) is 0 Å². The second kappa shape index (κ2) is 5.55. The minimum absolute atomic E-state index is 0.0367. The number of hydrogen-bond donors (Lipinski definition) is 1. The molecule has 98 valence electrons. The largest absolute Gasteiger partial charge is 0.390 e.